The Morgan fingerprint density at radius 2 is 2.04 bits per heavy atom. The van der Waals surface area contributed by atoms with Crippen molar-refractivity contribution in [3.63, 3.8) is 0 Å². The topological polar surface area (TPSA) is 65.1 Å². The number of benzene rings is 1. The summed E-state index contributed by atoms with van der Waals surface area (Å²) in [6.07, 6.45) is 1.66. The molecule has 1 heterocycles. The molecule has 0 bridgehead atoms. The molecule has 8 heteroatoms. The van der Waals surface area contributed by atoms with E-state index in [0.29, 0.717) is 26.3 Å². The molecular formula is C15H15NO5S2. The van der Waals surface area contributed by atoms with Gasteiger partial charge in [0.1, 0.15) is 22.4 Å². The largest absolute Gasteiger partial charge is 0.497 e. The number of carbonyl (C=O) groups excluding carboxylic acids is 2. The van der Waals surface area contributed by atoms with Crippen LogP contribution in [0, 0.1) is 0 Å². The molecule has 6 nitrogen and oxygen atoms in total. The molecule has 0 unspecified atom stereocenters. The van der Waals surface area contributed by atoms with Crippen LogP contribution >= 0.6 is 24.0 Å². The molecule has 0 atom stereocenters. The van der Waals surface area contributed by atoms with Gasteiger partial charge in [0.15, 0.2) is 0 Å². The minimum absolute atomic E-state index is 0.201. The lowest BCUT2D eigenvalue weighted by molar-refractivity contribution is -0.143. The maximum atomic E-state index is 12.4. The SMILES string of the molecule is COC(=O)CN1C(=O)/C(=C/c2cc(OC)ccc2OC)SC1=S. The zero-order valence-corrected chi connectivity index (χ0v) is 14.5. The second-order valence-electron chi connectivity index (χ2n) is 4.45. The molecule has 1 saturated heterocycles. The Balaban J connectivity index is 2.32. The van der Waals surface area contributed by atoms with Crippen molar-refractivity contribution in [1.82, 2.24) is 4.90 Å². The van der Waals surface area contributed by atoms with Crippen molar-refractivity contribution < 1.29 is 23.8 Å². The van der Waals surface area contributed by atoms with Crippen molar-refractivity contribution in [3.05, 3.63) is 28.7 Å². The average molecular weight is 353 g/mol. The van der Waals surface area contributed by atoms with E-state index in [4.69, 9.17) is 21.7 Å². The van der Waals surface area contributed by atoms with Crippen molar-refractivity contribution in [1.29, 1.82) is 0 Å². The monoisotopic (exact) mass is 353 g/mol. The fraction of sp³-hybridized carbons (Fsp3) is 0.267. The number of hydrogen-bond acceptors (Lipinski definition) is 7. The number of amides is 1. The second kappa shape index (κ2) is 7.47. The zero-order valence-electron chi connectivity index (χ0n) is 12.8. The average Bonchev–Trinajstić information content (AvgIpc) is 2.82. The number of hydrogen-bond donors (Lipinski definition) is 0. The molecule has 0 radical (unpaired) electrons. The molecule has 0 aliphatic carbocycles. The molecule has 122 valence electrons. The first kappa shape index (κ1) is 17.3. The number of thioether (sulfide) groups is 1. The third-order valence-electron chi connectivity index (χ3n) is 3.11. The van der Waals surface area contributed by atoms with Gasteiger partial charge >= 0.3 is 5.97 Å². The lowest BCUT2D eigenvalue weighted by atomic mass is 10.1. The first-order chi connectivity index (χ1) is 11.0. The number of carbonyl (C=O) groups is 2. The summed E-state index contributed by atoms with van der Waals surface area (Å²) in [6, 6.07) is 5.27. The number of thiocarbonyl (C=S) groups is 1. The fourth-order valence-electron chi connectivity index (χ4n) is 1.92. The molecule has 1 aliphatic rings. The van der Waals surface area contributed by atoms with Gasteiger partial charge in [-0.25, -0.2) is 0 Å². The number of methoxy groups -OCH3 is 3. The minimum Gasteiger partial charge on any atom is -0.497 e. The summed E-state index contributed by atoms with van der Waals surface area (Å²) in [5, 5.41) is 0. The lowest BCUT2D eigenvalue weighted by Gasteiger charge is -2.12. The predicted molar refractivity (Wildman–Crippen MR) is 91.4 cm³/mol. The van der Waals surface area contributed by atoms with Crippen LogP contribution in [0.5, 0.6) is 11.5 Å². The summed E-state index contributed by atoms with van der Waals surface area (Å²) in [5.74, 6) is 0.378. The number of ether oxygens (including phenoxy) is 3. The van der Waals surface area contributed by atoms with Crippen LogP contribution in [0.1, 0.15) is 5.56 Å². The molecule has 1 amide bonds. The van der Waals surface area contributed by atoms with Crippen LogP contribution in [-0.4, -0.2) is 49.0 Å². The number of rotatable bonds is 5. The summed E-state index contributed by atoms with van der Waals surface area (Å²) < 4.78 is 15.4. The first-order valence-corrected chi connectivity index (χ1v) is 7.76. The van der Waals surface area contributed by atoms with Crippen LogP contribution in [0.4, 0.5) is 0 Å². The van der Waals surface area contributed by atoms with Gasteiger partial charge in [-0.1, -0.05) is 24.0 Å². The summed E-state index contributed by atoms with van der Waals surface area (Å²) in [4.78, 5) is 25.4. The molecule has 0 aromatic heterocycles. The van der Waals surface area contributed by atoms with Gasteiger partial charge in [0.2, 0.25) is 0 Å². The van der Waals surface area contributed by atoms with Gasteiger partial charge in [-0.05, 0) is 24.3 Å². The Morgan fingerprint density at radius 3 is 2.65 bits per heavy atom. The molecular weight excluding hydrogens is 338 g/mol. The smallest absolute Gasteiger partial charge is 0.325 e. The lowest BCUT2D eigenvalue weighted by Crippen LogP contribution is -2.33. The van der Waals surface area contributed by atoms with Crippen LogP contribution < -0.4 is 9.47 Å². The van der Waals surface area contributed by atoms with Crippen molar-refractivity contribution >= 4 is 46.3 Å². The maximum Gasteiger partial charge on any atom is 0.325 e. The van der Waals surface area contributed by atoms with Crippen LogP contribution in [0.2, 0.25) is 0 Å². The van der Waals surface area contributed by atoms with Crippen LogP contribution in [-0.2, 0) is 14.3 Å². The molecule has 2 rings (SSSR count). The van der Waals surface area contributed by atoms with Gasteiger partial charge in [-0.15, -0.1) is 0 Å². The molecule has 1 aromatic rings. The Hall–Kier alpha value is -2.06. The van der Waals surface area contributed by atoms with Gasteiger partial charge in [0.25, 0.3) is 5.91 Å². The van der Waals surface area contributed by atoms with Crippen molar-refractivity contribution in [2.75, 3.05) is 27.9 Å². The Morgan fingerprint density at radius 1 is 1.30 bits per heavy atom. The maximum absolute atomic E-state index is 12.4. The first-order valence-electron chi connectivity index (χ1n) is 6.54. The third-order valence-corrected chi connectivity index (χ3v) is 4.49. The van der Waals surface area contributed by atoms with Crippen molar-refractivity contribution in [2.24, 2.45) is 0 Å². The quantitative estimate of drug-likeness (QED) is 0.456. The molecule has 1 aliphatic heterocycles. The normalized spacial score (nSPS) is 16.0. The van der Waals surface area contributed by atoms with Crippen LogP contribution in [0.25, 0.3) is 6.08 Å². The molecule has 0 N–H and O–H groups in total. The van der Waals surface area contributed by atoms with Crippen LogP contribution in [0.3, 0.4) is 0 Å². The van der Waals surface area contributed by atoms with E-state index in [1.807, 2.05) is 0 Å². The highest BCUT2D eigenvalue weighted by atomic mass is 32.2. The van der Waals surface area contributed by atoms with E-state index in [1.165, 1.54) is 12.0 Å². The van der Waals surface area contributed by atoms with Crippen molar-refractivity contribution in [3.8, 4) is 11.5 Å². The highest BCUT2D eigenvalue weighted by molar-refractivity contribution is 8.26. The second-order valence-corrected chi connectivity index (χ2v) is 6.13. The van der Waals surface area contributed by atoms with E-state index in [0.717, 1.165) is 11.8 Å². The fourth-order valence-corrected chi connectivity index (χ4v) is 3.17. The third kappa shape index (κ3) is 3.83. The standard InChI is InChI=1S/C15H15NO5S2/c1-19-10-4-5-11(20-2)9(6-10)7-12-14(18)16(15(22)23-12)8-13(17)21-3/h4-7H,8H2,1-3H3/b12-7-. The summed E-state index contributed by atoms with van der Waals surface area (Å²) in [5.41, 5.74) is 0.686. The summed E-state index contributed by atoms with van der Waals surface area (Å²) in [6.45, 7) is -0.201. The van der Waals surface area contributed by atoms with E-state index in [1.54, 1.807) is 38.5 Å². The van der Waals surface area contributed by atoms with Gasteiger partial charge in [0.05, 0.1) is 26.2 Å². The molecule has 23 heavy (non-hydrogen) atoms. The van der Waals surface area contributed by atoms with Gasteiger partial charge in [-0.2, -0.15) is 0 Å². The number of nitrogens with zero attached hydrogens (tertiary/aromatic N) is 1. The van der Waals surface area contributed by atoms with Gasteiger partial charge in [-0.3, -0.25) is 14.5 Å². The predicted octanol–water partition coefficient (Wildman–Crippen LogP) is 2.08. The Labute approximate surface area is 143 Å². The van der Waals surface area contributed by atoms with E-state index in [-0.39, 0.29) is 12.5 Å². The van der Waals surface area contributed by atoms with Crippen LogP contribution in [0.15, 0.2) is 23.1 Å². The Kier molecular flexibility index (Phi) is 5.62. The van der Waals surface area contributed by atoms with E-state index < -0.39 is 5.97 Å². The van der Waals surface area contributed by atoms with E-state index in [9.17, 15) is 9.59 Å². The van der Waals surface area contributed by atoms with E-state index in [2.05, 4.69) is 4.74 Å². The molecule has 0 saturated carbocycles. The molecule has 1 fully saturated rings. The highest BCUT2D eigenvalue weighted by Crippen LogP contribution is 2.35. The highest BCUT2D eigenvalue weighted by Gasteiger charge is 2.33. The Bertz CT molecular complexity index is 686. The zero-order chi connectivity index (χ0) is 17.0. The molecule has 1 aromatic carbocycles. The minimum atomic E-state index is -0.526. The van der Waals surface area contributed by atoms with Gasteiger partial charge < -0.3 is 14.2 Å². The molecule has 0 spiro atoms. The van der Waals surface area contributed by atoms with Crippen molar-refractivity contribution in [2.45, 2.75) is 0 Å². The number of esters is 1. The summed E-state index contributed by atoms with van der Waals surface area (Å²) in [7, 11) is 4.36. The van der Waals surface area contributed by atoms with Gasteiger partial charge in [0, 0.05) is 5.56 Å². The summed E-state index contributed by atoms with van der Waals surface area (Å²) >= 11 is 6.28. The van der Waals surface area contributed by atoms with E-state index >= 15 is 0 Å².